The highest BCUT2D eigenvalue weighted by atomic mass is 19.1. The van der Waals surface area contributed by atoms with Crippen LogP contribution in [0.15, 0.2) is 30.6 Å². The Hall–Kier alpha value is -3.98. The van der Waals surface area contributed by atoms with Gasteiger partial charge in [-0.25, -0.2) is 9.37 Å². The van der Waals surface area contributed by atoms with Gasteiger partial charge in [0, 0.05) is 11.9 Å². The molecule has 3 saturated heterocycles. The average Bonchev–Trinajstić information content (AvgIpc) is 3.64. The van der Waals surface area contributed by atoms with Crippen molar-refractivity contribution in [3.8, 4) is 24.0 Å². The topological polar surface area (TPSA) is 109 Å². The third-order valence-electron chi connectivity index (χ3n) is 9.06. The van der Waals surface area contributed by atoms with E-state index in [0.29, 0.717) is 59.1 Å². The van der Waals surface area contributed by atoms with E-state index >= 15 is 0 Å². The van der Waals surface area contributed by atoms with E-state index in [-0.39, 0.29) is 36.5 Å². The molecule has 2 aromatic carbocycles. The Morgan fingerprint density at radius 3 is 2.77 bits per heavy atom. The molecule has 2 aromatic heterocycles. The van der Waals surface area contributed by atoms with Gasteiger partial charge in [0.1, 0.15) is 23.8 Å². The summed E-state index contributed by atoms with van der Waals surface area (Å²) in [5.41, 5.74) is 0.720. The van der Waals surface area contributed by atoms with Crippen molar-refractivity contribution >= 4 is 27.9 Å². The van der Waals surface area contributed by atoms with Crippen LogP contribution < -0.4 is 9.64 Å². The molecule has 7 rings (SSSR count). The summed E-state index contributed by atoms with van der Waals surface area (Å²) in [6.45, 7) is 6.04. The van der Waals surface area contributed by atoms with Crippen molar-refractivity contribution in [1.82, 2.24) is 24.4 Å². The van der Waals surface area contributed by atoms with Gasteiger partial charge in [0.2, 0.25) is 11.8 Å². The number of ether oxygens (including phenoxy) is 2. The Balaban J connectivity index is 1.32. The lowest BCUT2D eigenvalue weighted by molar-refractivity contribution is -0.0123. The molecule has 0 aliphatic carbocycles. The highest BCUT2D eigenvalue weighted by molar-refractivity contribution is 5.92. The third-order valence-corrected chi connectivity index (χ3v) is 9.06. The second-order valence-corrected chi connectivity index (χ2v) is 12.3. The third kappa shape index (κ3) is 5.03. The summed E-state index contributed by atoms with van der Waals surface area (Å²) >= 11 is 0. The molecule has 0 radical (unpaired) electrons. The molecule has 2 N–H and O–H groups in total. The number of phenolic OH excluding ortho intramolecular Hbond substituents is 1. The van der Waals surface area contributed by atoms with E-state index in [2.05, 4.69) is 15.8 Å². The van der Waals surface area contributed by atoms with Crippen molar-refractivity contribution in [2.75, 3.05) is 50.9 Å². The van der Waals surface area contributed by atoms with Crippen LogP contribution in [0, 0.1) is 18.2 Å². The maximum Gasteiger partial charge on any atom is 0.247 e. The molecule has 43 heavy (non-hydrogen) atoms. The summed E-state index contributed by atoms with van der Waals surface area (Å²) in [5.74, 6) is 2.81. The molecule has 3 aliphatic heterocycles. The minimum atomic E-state index is -1.08. The van der Waals surface area contributed by atoms with Gasteiger partial charge in [0.05, 0.1) is 43.7 Å². The van der Waals surface area contributed by atoms with Crippen molar-refractivity contribution in [2.24, 2.45) is 0 Å². The number of benzene rings is 2. The van der Waals surface area contributed by atoms with Crippen LogP contribution in [0.25, 0.3) is 21.9 Å². The Bertz CT molecular complexity index is 1740. The van der Waals surface area contributed by atoms with Crippen LogP contribution >= 0.6 is 0 Å². The maximum atomic E-state index is 14.7. The van der Waals surface area contributed by atoms with E-state index in [1.165, 1.54) is 6.07 Å². The molecule has 11 heteroatoms. The number of halogens is 1. The fourth-order valence-corrected chi connectivity index (χ4v) is 7.06. The number of aliphatic hydroxyl groups is 1. The summed E-state index contributed by atoms with van der Waals surface area (Å²) < 4.78 is 28.7. The van der Waals surface area contributed by atoms with Gasteiger partial charge in [-0.3, -0.25) is 4.90 Å². The van der Waals surface area contributed by atoms with E-state index in [4.69, 9.17) is 25.9 Å². The number of fused-ring (bicyclic) bond motifs is 3. The number of phenols is 1. The van der Waals surface area contributed by atoms with Crippen molar-refractivity contribution in [2.45, 2.75) is 50.3 Å². The fraction of sp³-hybridized carbons (Fsp3) is 0.469. The summed E-state index contributed by atoms with van der Waals surface area (Å²) in [6.07, 6.45) is 11.9. The zero-order valence-electron chi connectivity index (χ0n) is 24.2. The molecule has 0 saturated carbocycles. The van der Waals surface area contributed by atoms with Crippen molar-refractivity contribution in [3.63, 3.8) is 0 Å². The largest absolute Gasteiger partial charge is 0.508 e. The predicted molar refractivity (Wildman–Crippen MR) is 160 cm³/mol. The van der Waals surface area contributed by atoms with Crippen molar-refractivity contribution < 1.29 is 24.1 Å². The Morgan fingerprint density at radius 1 is 1.16 bits per heavy atom. The summed E-state index contributed by atoms with van der Waals surface area (Å²) in [6, 6.07) is 6.07. The summed E-state index contributed by atoms with van der Waals surface area (Å²) in [7, 11) is 0. The van der Waals surface area contributed by atoms with Crippen LogP contribution in [0.4, 0.5) is 10.3 Å². The minimum absolute atomic E-state index is 0.0102. The van der Waals surface area contributed by atoms with Gasteiger partial charge in [-0.2, -0.15) is 9.97 Å². The van der Waals surface area contributed by atoms with Crippen LogP contribution in [0.5, 0.6) is 11.6 Å². The normalized spacial score (nSPS) is 22.1. The van der Waals surface area contributed by atoms with E-state index in [9.17, 15) is 14.6 Å². The number of aromatic hydroxyl groups is 1. The number of β-amino-alcohol motifs (C(OH)–C–C–N with tert-alkyl or cyclic N) is 1. The fourth-order valence-electron chi connectivity index (χ4n) is 7.06. The van der Waals surface area contributed by atoms with Crippen molar-refractivity contribution in [3.05, 3.63) is 47.5 Å². The Labute approximate surface area is 249 Å². The van der Waals surface area contributed by atoms with Crippen LogP contribution in [-0.2, 0) is 11.3 Å². The molecule has 0 amide bonds. The monoisotopic (exact) mass is 586 g/mol. The van der Waals surface area contributed by atoms with Crippen LogP contribution in [0.1, 0.15) is 43.7 Å². The molecule has 4 aromatic rings. The van der Waals surface area contributed by atoms with E-state index < -0.39 is 11.4 Å². The first-order chi connectivity index (χ1) is 20.7. The smallest absolute Gasteiger partial charge is 0.247 e. The first kappa shape index (κ1) is 27.8. The maximum absolute atomic E-state index is 14.7. The highest BCUT2D eigenvalue weighted by Crippen LogP contribution is 2.40. The molecule has 224 valence electrons. The standard InChI is InChI=1S/C32H35FN6O4/c1-3-24-25(33)7-6-21-14-23(40)15-22(26(21)24)16-38-20-34-27-28(38)35-30(37-12-13-42-18-31(2,41)17-37)36-29(27)43-19-32-8-4-10-39(32)11-5-9-32/h1,6-7,14-15,20,40-41H,4-5,8-13,16-19H2,2H3. The Morgan fingerprint density at radius 2 is 1.98 bits per heavy atom. The minimum Gasteiger partial charge on any atom is -0.508 e. The number of aromatic nitrogens is 4. The van der Waals surface area contributed by atoms with Crippen LogP contribution in [0.2, 0.25) is 0 Å². The van der Waals surface area contributed by atoms with Gasteiger partial charge >= 0.3 is 0 Å². The van der Waals surface area contributed by atoms with Gasteiger partial charge in [-0.15, -0.1) is 6.42 Å². The van der Waals surface area contributed by atoms with Crippen molar-refractivity contribution in [1.29, 1.82) is 0 Å². The molecule has 3 fully saturated rings. The van der Waals surface area contributed by atoms with Gasteiger partial charge < -0.3 is 29.2 Å². The number of rotatable bonds is 6. The SMILES string of the molecule is C#Cc1c(F)ccc2cc(O)cc(Cn3cnc4c(OCC56CCCN5CCC6)nc(N5CCOCC(C)(O)C5)nc43)c12. The molecule has 1 unspecified atom stereocenters. The van der Waals surface area contributed by atoms with Crippen LogP contribution in [0.3, 0.4) is 0 Å². The first-order valence-corrected chi connectivity index (χ1v) is 14.8. The molecule has 0 spiro atoms. The number of hydrogen-bond donors (Lipinski definition) is 2. The highest BCUT2D eigenvalue weighted by Gasteiger charge is 2.45. The number of hydrogen-bond acceptors (Lipinski definition) is 9. The van der Waals surface area contributed by atoms with E-state index in [1.54, 1.807) is 31.5 Å². The van der Waals surface area contributed by atoms with Gasteiger partial charge in [-0.05, 0) is 74.8 Å². The summed E-state index contributed by atoms with van der Waals surface area (Å²) in [5, 5.41) is 22.6. The molecule has 5 heterocycles. The predicted octanol–water partition coefficient (Wildman–Crippen LogP) is 3.45. The zero-order valence-corrected chi connectivity index (χ0v) is 24.2. The molecule has 0 bridgehead atoms. The average molecular weight is 587 g/mol. The molecule has 1 atom stereocenters. The lowest BCUT2D eigenvalue weighted by Crippen LogP contribution is -2.44. The number of terminal acetylenes is 1. The van der Waals surface area contributed by atoms with E-state index in [0.717, 1.165) is 38.8 Å². The van der Waals surface area contributed by atoms with E-state index in [1.807, 2.05) is 9.47 Å². The van der Waals surface area contributed by atoms with Crippen LogP contribution in [-0.4, -0.2) is 91.8 Å². The van der Waals surface area contributed by atoms with Gasteiger partial charge in [0.15, 0.2) is 11.2 Å². The quantitative estimate of drug-likeness (QED) is 0.329. The first-order valence-electron chi connectivity index (χ1n) is 14.8. The molecule has 10 nitrogen and oxygen atoms in total. The molecule has 3 aliphatic rings. The lowest BCUT2D eigenvalue weighted by Gasteiger charge is -2.31. The zero-order chi connectivity index (χ0) is 29.8. The number of nitrogens with zero attached hydrogens (tertiary/aromatic N) is 6. The lowest BCUT2D eigenvalue weighted by atomic mass is 9.95. The second kappa shape index (κ2) is 10.6. The molecular weight excluding hydrogens is 551 g/mol. The molecular formula is C32H35FN6O4. The second-order valence-electron chi connectivity index (χ2n) is 12.3. The number of imidazole rings is 1. The number of anilines is 1. The summed E-state index contributed by atoms with van der Waals surface area (Å²) in [4.78, 5) is 18.9. The Kier molecular flexibility index (Phi) is 6.88. The van der Waals surface area contributed by atoms with Gasteiger partial charge in [0.25, 0.3) is 0 Å². The van der Waals surface area contributed by atoms with Gasteiger partial charge in [-0.1, -0.05) is 12.0 Å².